The number of methoxy groups -OCH3 is 1. The molecule has 1 heterocycles. The van der Waals surface area contributed by atoms with Gasteiger partial charge in [0.2, 0.25) is 0 Å². The van der Waals surface area contributed by atoms with Gasteiger partial charge < -0.3 is 9.47 Å². The maximum atomic E-state index is 5.56. The van der Waals surface area contributed by atoms with Crippen LogP contribution in [-0.2, 0) is 9.47 Å². The molecule has 0 amide bonds. The number of ether oxygens (including phenoxy) is 2. The second kappa shape index (κ2) is 5.48. The summed E-state index contributed by atoms with van der Waals surface area (Å²) >= 11 is 0. The fraction of sp³-hybridized carbons (Fsp3) is 1.00. The molecule has 2 atom stereocenters. The van der Waals surface area contributed by atoms with E-state index in [1.54, 1.807) is 7.11 Å². The van der Waals surface area contributed by atoms with E-state index in [2.05, 4.69) is 5.43 Å². The van der Waals surface area contributed by atoms with Crippen LogP contribution in [-0.4, -0.2) is 32.5 Å². The molecule has 3 N–H and O–H groups in total. The van der Waals surface area contributed by atoms with Crippen molar-refractivity contribution in [1.82, 2.24) is 5.43 Å². The Bertz CT molecular complexity index is 113. The molecule has 0 saturated carbocycles. The summed E-state index contributed by atoms with van der Waals surface area (Å²) in [7, 11) is 1.67. The van der Waals surface area contributed by atoms with E-state index in [0.717, 1.165) is 13.0 Å². The Morgan fingerprint density at radius 2 is 2.50 bits per heavy atom. The molecular formula is C8H18N2O2. The van der Waals surface area contributed by atoms with E-state index in [1.807, 2.05) is 0 Å². The Kier molecular flexibility index (Phi) is 4.53. The zero-order valence-corrected chi connectivity index (χ0v) is 7.58. The first kappa shape index (κ1) is 9.92. The van der Waals surface area contributed by atoms with Crippen LogP contribution in [0.25, 0.3) is 0 Å². The van der Waals surface area contributed by atoms with Gasteiger partial charge in [0.1, 0.15) is 0 Å². The van der Waals surface area contributed by atoms with Crippen LogP contribution >= 0.6 is 0 Å². The first-order chi connectivity index (χ1) is 5.88. The molecule has 1 saturated heterocycles. The van der Waals surface area contributed by atoms with Crippen molar-refractivity contribution in [1.29, 1.82) is 0 Å². The average Bonchev–Trinajstić information content (AvgIpc) is 2.15. The molecule has 1 fully saturated rings. The third-order valence-electron chi connectivity index (χ3n) is 2.22. The Morgan fingerprint density at radius 1 is 1.67 bits per heavy atom. The minimum Gasteiger partial charge on any atom is -0.383 e. The van der Waals surface area contributed by atoms with Gasteiger partial charge in [-0.1, -0.05) is 0 Å². The summed E-state index contributed by atoms with van der Waals surface area (Å²) in [6.45, 7) is 1.47. The van der Waals surface area contributed by atoms with Crippen LogP contribution in [0.15, 0.2) is 0 Å². The molecule has 12 heavy (non-hydrogen) atoms. The molecule has 4 heteroatoms. The number of hydrogen-bond donors (Lipinski definition) is 2. The fourth-order valence-corrected chi connectivity index (χ4v) is 1.53. The second-order valence-electron chi connectivity index (χ2n) is 3.13. The Morgan fingerprint density at radius 3 is 3.00 bits per heavy atom. The van der Waals surface area contributed by atoms with Crippen LogP contribution < -0.4 is 11.3 Å². The molecule has 0 radical (unpaired) electrons. The predicted molar refractivity (Wildman–Crippen MR) is 46.6 cm³/mol. The summed E-state index contributed by atoms with van der Waals surface area (Å²) in [6.07, 6.45) is 3.70. The SMILES string of the molecule is COCC(NN)C1CCCCO1. The predicted octanol–water partition coefficient (Wildman–Crippen LogP) is 0.0338. The summed E-state index contributed by atoms with van der Waals surface area (Å²) in [5.41, 5.74) is 2.72. The summed E-state index contributed by atoms with van der Waals surface area (Å²) in [6, 6.07) is 0.135. The first-order valence-electron chi connectivity index (χ1n) is 4.45. The van der Waals surface area contributed by atoms with Gasteiger partial charge in [-0.2, -0.15) is 0 Å². The van der Waals surface area contributed by atoms with Crippen molar-refractivity contribution in [3.05, 3.63) is 0 Å². The van der Waals surface area contributed by atoms with Crippen molar-refractivity contribution in [2.75, 3.05) is 20.3 Å². The number of rotatable bonds is 4. The monoisotopic (exact) mass is 174 g/mol. The molecule has 2 unspecified atom stereocenters. The third-order valence-corrected chi connectivity index (χ3v) is 2.22. The van der Waals surface area contributed by atoms with Crippen LogP contribution in [0.1, 0.15) is 19.3 Å². The highest BCUT2D eigenvalue weighted by molar-refractivity contribution is 4.77. The van der Waals surface area contributed by atoms with E-state index in [-0.39, 0.29) is 12.1 Å². The van der Waals surface area contributed by atoms with Gasteiger partial charge in [0.25, 0.3) is 0 Å². The number of hydrogen-bond acceptors (Lipinski definition) is 4. The topological polar surface area (TPSA) is 56.5 Å². The normalized spacial score (nSPS) is 27.0. The molecule has 1 aliphatic rings. The van der Waals surface area contributed by atoms with E-state index in [1.165, 1.54) is 12.8 Å². The molecule has 1 aliphatic heterocycles. The van der Waals surface area contributed by atoms with E-state index in [0.29, 0.717) is 6.61 Å². The zero-order valence-electron chi connectivity index (χ0n) is 7.58. The molecule has 0 bridgehead atoms. The van der Waals surface area contributed by atoms with Crippen molar-refractivity contribution in [2.24, 2.45) is 5.84 Å². The lowest BCUT2D eigenvalue weighted by Crippen LogP contribution is -2.49. The average molecular weight is 174 g/mol. The molecule has 0 aromatic heterocycles. The molecule has 0 aromatic carbocycles. The summed E-state index contributed by atoms with van der Waals surface area (Å²) in [4.78, 5) is 0. The lowest BCUT2D eigenvalue weighted by molar-refractivity contribution is -0.0248. The standard InChI is InChI=1S/C8H18N2O2/c1-11-6-7(10-9)8-4-2-3-5-12-8/h7-8,10H,2-6,9H2,1H3. The van der Waals surface area contributed by atoms with E-state index < -0.39 is 0 Å². The summed E-state index contributed by atoms with van der Waals surface area (Å²) < 4.78 is 10.6. The van der Waals surface area contributed by atoms with Crippen molar-refractivity contribution in [3.63, 3.8) is 0 Å². The van der Waals surface area contributed by atoms with Gasteiger partial charge in [0.05, 0.1) is 18.8 Å². The Hall–Kier alpha value is -0.160. The smallest absolute Gasteiger partial charge is 0.0764 e. The minimum absolute atomic E-state index is 0.135. The minimum atomic E-state index is 0.135. The lowest BCUT2D eigenvalue weighted by Gasteiger charge is -2.29. The van der Waals surface area contributed by atoms with Gasteiger partial charge in [-0.05, 0) is 19.3 Å². The summed E-state index contributed by atoms with van der Waals surface area (Å²) in [5, 5.41) is 0. The van der Waals surface area contributed by atoms with Gasteiger partial charge in [-0.3, -0.25) is 11.3 Å². The molecule has 0 spiro atoms. The summed E-state index contributed by atoms with van der Waals surface area (Å²) in [5.74, 6) is 5.38. The first-order valence-corrected chi connectivity index (χ1v) is 4.45. The van der Waals surface area contributed by atoms with Crippen molar-refractivity contribution in [3.8, 4) is 0 Å². The van der Waals surface area contributed by atoms with E-state index in [9.17, 15) is 0 Å². The lowest BCUT2D eigenvalue weighted by atomic mass is 10.0. The van der Waals surface area contributed by atoms with Crippen LogP contribution in [0.5, 0.6) is 0 Å². The van der Waals surface area contributed by atoms with Gasteiger partial charge in [0, 0.05) is 13.7 Å². The van der Waals surface area contributed by atoms with Gasteiger partial charge in [-0.25, -0.2) is 0 Å². The maximum absolute atomic E-state index is 5.56. The van der Waals surface area contributed by atoms with Gasteiger partial charge in [0.15, 0.2) is 0 Å². The van der Waals surface area contributed by atoms with E-state index in [4.69, 9.17) is 15.3 Å². The van der Waals surface area contributed by atoms with Gasteiger partial charge >= 0.3 is 0 Å². The zero-order chi connectivity index (χ0) is 8.81. The highest BCUT2D eigenvalue weighted by atomic mass is 16.5. The van der Waals surface area contributed by atoms with E-state index >= 15 is 0 Å². The number of nitrogens with one attached hydrogen (secondary N) is 1. The third kappa shape index (κ3) is 2.71. The van der Waals surface area contributed by atoms with Crippen molar-refractivity contribution < 1.29 is 9.47 Å². The van der Waals surface area contributed by atoms with Gasteiger partial charge in [-0.15, -0.1) is 0 Å². The molecule has 72 valence electrons. The van der Waals surface area contributed by atoms with Crippen LogP contribution in [0.4, 0.5) is 0 Å². The van der Waals surface area contributed by atoms with Crippen molar-refractivity contribution in [2.45, 2.75) is 31.4 Å². The fourth-order valence-electron chi connectivity index (χ4n) is 1.53. The van der Waals surface area contributed by atoms with Crippen LogP contribution in [0, 0.1) is 0 Å². The maximum Gasteiger partial charge on any atom is 0.0764 e. The number of nitrogens with two attached hydrogens (primary N) is 1. The molecule has 4 nitrogen and oxygen atoms in total. The molecule has 0 aromatic rings. The quantitative estimate of drug-likeness (QED) is 0.466. The Labute approximate surface area is 73.4 Å². The number of hydrazine groups is 1. The largest absolute Gasteiger partial charge is 0.383 e. The molecule has 0 aliphatic carbocycles. The Balaban J connectivity index is 2.29. The highest BCUT2D eigenvalue weighted by Crippen LogP contribution is 2.15. The molecular weight excluding hydrogens is 156 g/mol. The highest BCUT2D eigenvalue weighted by Gasteiger charge is 2.22. The van der Waals surface area contributed by atoms with Crippen LogP contribution in [0.2, 0.25) is 0 Å². The van der Waals surface area contributed by atoms with Crippen molar-refractivity contribution >= 4 is 0 Å². The second-order valence-corrected chi connectivity index (χ2v) is 3.13. The molecule has 1 rings (SSSR count). The van der Waals surface area contributed by atoms with Crippen LogP contribution in [0.3, 0.4) is 0 Å².